The molecule has 84 valence electrons. The van der Waals surface area contributed by atoms with Crippen molar-refractivity contribution in [1.29, 1.82) is 0 Å². The van der Waals surface area contributed by atoms with Crippen molar-refractivity contribution in [2.24, 2.45) is 0 Å². The van der Waals surface area contributed by atoms with Crippen LogP contribution in [0.25, 0.3) is 0 Å². The summed E-state index contributed by atoms with van der Waals surface area (Å²) in [6.45, 7) is 6.28. The van der Waals surface area contributed by atoms with E-state index in [0.29, 0.717) is 19.6 Å². The van der Waals surface area contributed by atoms with E-state index >= 15 is 0 Å². The number of ether oxygens (including phenoxy) is 3. The van der Waals surface area contributed by atoms with Gasteiger partial charge in [-0.1, -0.05) is 6.92 Å². The van der Waals surface area contributed by atoms with Crippen LogP contribution >= 0.6 is 0 Å². The van der Waals surface area contributed by atoms with Crippen LogP contribution in [-0.2, 0) is 19.0 Å². The summed E-state index contributed by atoms with van der Waals surface area (Å²) < 4.78 is 15.2. The van der Waals surface area contributed by atoms with Crippen LogP contribution in [0.5, 0.6) is 0 Å². The molecule has 0 aromatic heterocycles. The van der Waals surface area contributed by atoms with Gasteiger partial charge in [-0.05, 0) is 13.8 Å². The van der Waals surface area contributed by atoms with Crippen molar-refractivity contribution in [2.75, 3.05) is 20.3 Å². The predicted molar refractivity (Wildman–Crippen MR) is 58.2 cm³/mol. The SMILES string of the molecule is CCOC(CC)(OCC)C(=O)OC.[InH3]. The van der Waals surface area contributed by atoms with Gasteiger partial charge in [0.05, 0.1) is 7.11 Å². The first kappa shape index (κ1) is 16.7. The van der Waals surface area contributed by atoms with Crippen LogP contribution in [0.15, 0.2) is 0 Å². The molecule has 0 unspecified atom stereocenters. The van der Waals surface area contributed by atoms with Gasteiger partial charge in [-0.2, -0.15) is 0 Å². The second kappa shape index (κ2) is 8.56. The van der Waals surface area contributed by atoms with Gasteiger partial charge in [0, 0.05) is 19.6 Å². The average Bonchev–Trinajstić information content (AvgIpc) is 2.16. The Morgan fingerprint density at radius 3 is 1.79 bits per heavy atom. The molecule has 0 fully saturated rings. The zero-order valence-electron chi connectivity index (χ0n) is 8.75. The topological polar surface area (TPSA) is 44.8 Å². The summed E-state index contributed by atoms with van der Waals surface area (Å²) >= 11 is 0. The molecule has 0 N–H and O–H groups in total. The Morgan fingerprint density at radius 2 is 1.57 bits per heavy atom. The van der Waals surface area contributed by atoms with Crippen molar-refractivity contribution in [3.05, 3.63) is 0 Å². The molecule has 0 aliphatic heterocycles. The third-order valence-corrected chi connectivity index (χ3v) is 1.72. The molecule has 0 aromatic carbocycles. The Bertz CT molecular complexity index is 155. The minimum absolute atomic E-state index is 0. The number of carbonyl (C=O) groups is 1. The monoisotopic (exact) mass is 308 g/mol. The van der Waals surface area contributed by atoms with E-state index in [1.807, 2.05) is 20.8 Å². The van der Waals surface area contributed by atoms with E-state index in [1.165, 1.54) is 7.11 Å². The molecule has 0 saturated heterocycles. The van der Waals surface area contributed by atoms with Gasteiger partial charge in [0.1, 0.15) is 0 Å². The molecule has 5 heteroatoms. The van der Waals surface area contributed by atoms with E-state index in [2.05, 4.69) is 4.74 Å². The van der Waals surface area contributed by atoms with Gasteiger partial charge in [0.2, 0.25) is 0 Å². The molecular weight excluding hydrogens is 287 g/mol. The molecule has 0 bridgehead atoms. The van der Waals surface area contributed by atoms with E-state index < -0.39 is 11.8 Å². The van der Waals surface area contributed by atoms with Crippen molar-refractivity contribution >= 4 is 31.8 Å². The quantitative estimate of drug-likeness (QED) is 0.518. The molecule has 0 spiro atoms. The van der Waals surface area contributed by atoms with Crippen LogP contribution < -0.4 is 0 Å². The summed E-state index contributed by atoms with van der Waals surface area (Å²) in [5.74, 6) is -1.68. The fourth-order valence-corrected chi connectivity index (χ4v) is 1.13. The van der Waals surface area contributed by atoms with Crippen molar-refractivity contribution in [1.82, 2.24) is 0 Å². The summed E-state index contributed by atoms with van der Waals surface area (Å²) in [5, 5.41) is 0. The number of methoxy groups -OCH3 is 1. The zero-order valence-corrected chi connectivity index (χ0v) is 8.75. The zero-order chi connectivity index (χ0) is 10.3. The molecule has 0 aliphatic rings. The third kappa shape index (κ3) is 4.19. The number of rotatable bonds is 6. The fraction of sp³-hybridized carbons (Fsp3) is 0.889. The Kier molecular flexibility index (Phi) is 10.2. The van der Waals surface area contributed by atoms with Crippen LogP contribution in [0.4, 0.5) is 0 Å². The van der Waals surface area contributed by atoms with Crippen molar-refractivity contribution in [3.63, 3.8) is 0 Å². The van der Waals surface area contributed by atoms with E-state index in [-0.39, 0.29) is 25.8 Å². The number of hydrogen-bond acceptors (Lipinski definition) is 4. The molecule has 4 nitrogen and oxygen atoms in total. The molecule has 14 heavy (non-hydrogen) atoms. The predicted octanol–water partition coefficient (Wildman–Crippen LogP) is 0.155. The van der Waals surface area contributed by atoms with Crippen LogP contribution in [0.1, 0.15) is 27.2 Å². The van der Waals surface area contributed by atoms with Gasteiger partial charge in [0.25, 0.3) is 5.79 Å². The molecule has 0 atom stereocenters. The molecule has 0 heterocycles. The Morgan fingerprint density at radius 1 is 1.14 bits per heavy atom. The molecule has 0 aliphatic carbocycles. The normalized spacial score (nSPS) is 10.6. The van der Waals surface area contributed by atoms with E-state index in [0.717, 1.165) is 0 Å². The third-order valence-electron chi connectivity index (χ3n) is 1.72. The van der Waals surface area contributed by atoms with Crippen LogP contribution in [-0.4, -0.2) is 57.9 Å². The number of esters is 1. The van der Waals surface area contributed by atoms with Crippen molar-refractivity contribution < 1.29 is 19.0 Å². The second-order valence-corrected chi connectivity index (χ2v) is 2.46. The molecule has 0 radical (unpaired) electrons. The summed E-state index contributed by atoms with van der Waals surface area (Å²) in [5.41, 5.74) is 0. The average molecular weight is 308 g/mol. The van der Waals surface area contributed by atoms with Gasteiger partial charge in [-0.15, -0.1) is 0 Å². The molecule has 0 saturated carbocycles. The summed E-state index contributed by atoms with van der Waals surface area (Å²) in [6, 6.07) is 0. The van der Waals surface area contributed by atoms with Gasteiger partial charge in [-0.3, -0.25) is 0 Å². The first-order valence-corrected chi connectivity index (χ1v) is 4.53. The van der Waals surface area contributed by atoms with E-state index in [9.17, 15) is 4.79 Å². The van der Waals surface area contributed by atoms with E-state index in [4.69, 9.17) is 9.47 Å². The fourth-order valence-electron chi connectivity index (χ4n) is 1.13. The standard InChI is InChI=1S/C9H18O4.In.3H/c1-5-9(12-6-2,13-7-3)8(10)11-4;;;;/h5-7H2,1-4H3;;;;. The first-order valence-electron chi connectivity index (χ1n) is 4.53. The Balaban J connectivity index is 0. The number of hydrogen-bond donors (Lipinski definition) is 0. The van der Waals surface area contributed by atoms with Crippen LogP contribution in [0.2, 0.25) is 0 Å². The van der Waals surface area contributed by atoms with Crippen LogP contribution in [0.3, 0.4) is 0 Å². The first-order chi connectivity index (χ1) is 6.16. The van der Waals surface area contributed by atoms with Crippen LogP contribution in [0, 0.1) is 0 Å². The maximum atomic E-state index is 11.4. The molecule has 0 amide bonds. The van der Waals surface area contributed by atoms with Gasteiger partial charge >= 0.3 is 31.8 Å². The second-order valence-electron chi connectivity index (χ2n) is 2.46. The summed E-state index contributed by atoms with van der Waals surface area (Å²) in [7, 11) is 1.32. The summed E-state index contributed by atoms with van der Waals surface area (Å²) in [6.07, 6.45) is 0.446. The Hall–Kier alpha value is 0.260. The summed E-state index contributed by atoms with van der Waals surface area (Å²) in [4.78, 5) is 11.4. The minimum atomic E-state index is -1.21. The van der Waals surface area contributed by atoms with Gasteiger partial charge < -0.3 is 14.2 Å². The van der Waals surface area contributed by atoms with Gasteiger partial charge in [-0.25, -0.2) is 4.79 Å². The molecule has 0 aromatic rings. The van der Waals surface area contributed by atoms with Gasteiger partial charge in [0.15, 0.2) is 0 Å². The van der Waals surface area contributed by atoms with Crippen molar-refractivity contribution in [2.45, 2.75) is 33.0 Å². The maximum absolute atomic E-state index is 11.4. The van der Waals surface area contributed by atoms with Crippen molar-refractivity contribution in [3.8, 4) is 0 Å². The van der Waals surface area contributed by atoms with E-state index in [1.54, 1.807) is 0 Å². The molecule has 0 rings (SSSR count). The molecular formula is C9H21InO4. The Labute approximate surface area is 104 Å². The number of carbonyl (C=O) groups excluding carboxylic acids is 1.